The van der Waals surface area contributed by atoms with Gasteiger partial charge in [0, 0.05) is 26.1 Å². The van der Waals surface area contributed by atoms with Gasteiger partial charge in [0.05, 0.1) is 19.3 Å². The third-order valence-corrected chi connectivity index (χ3v) is 2.24. The third-order valence-electron chi connectivity index (χ3n) is 2.24. The summed E-state index contributed by atoms with van der Waals surface area (Å²) in [5.41, 5.74) is 0. The molecule has 0 fully saturated rings. The van der Waals surface area contributed by atoms with Crippen LogP contribution < -0.4 is 0 Å². The third kappa shape index (κ3) is 10.1. The molecule has 18 heavy (non-hydrogen) atoms. The molecule has 0 aromatic heterocycles. The summed E-state index contributed by atoms with van der Waals surface area (Å²) in [6.45, 7) is 9.32. The molecule has 0 aromatic carbocycles. The van der Waals surface area contributed by atoms with Crippen LogP contribution in [0, 0.1) is 17.2 Å². The number of carbonyl (C=O) groups is 1. The Hall–Kier alpha value is -1.12. The molecule has 5 heteroatoms. The van der Waals surface area contributed by atoms with Gasteiger partial charge in [0.2, 0.25) is 0 Å². The Balaban J connectivity index is 3.75. The molecule has 104 valence electrons. The fourth-order valence-corrected chi connectivity index (χ4v) is 1.57. The van der Waals surface area contributed by atoms with Crippen molar-refractivity contribution in [1.82, 2.24) is 4.90 Å². The molecule has 0 aliphatic rings. The van der Waals surface area contributed by atoms with Gasteiger partial charge in [-0.1, -0.05) is 13.8 Å². The van der Waals surface area contributed by atoms with E-state index in [4.69, 9.17) is 14.7 Å². The summed E-state index contributed by atoms with van der Waals surface area (Å²) in [7, 11) is 0. The van der Waals surface area contributed by atoms with Crippen molar-refractivity contribution in [2.75, 3.05) is 39.5 Å². The Bertz CT molecular complexity index is 261. The monoisotopic (exact) mass is 256 g/mol. The summed E-state index contributed by atoms with van der Waals surface area (Å²) < 4.78 is 10.00. The summed E-state index contributed by atoms with van der Waals surface area (Å²) in [5, 5.41) is 8.58. The predicted molar refractivity (Wildman–Crippen MR) is 69.0 cm³/mol. The van der Waals surface area contributed by atoms with E-state index in [9.17, 15) is 4.79 Å². The summed E-state index contributed by atoms with van der Waals surface area (Å²) >= 11 is 0. The zero-order valence-electron chi connectivity index (χ0n) is 11.6. The normalized spacial score (nSPS) is 10.7. The minimum atomic E-state index is -0.329. The Morgan fingerprint density at radius 3 is 2.67 bits per heavy atom. The molecule has 0 aliphatic carbocycles. The van der Waals surface area contributed by atoms with Crippen LogP contribution in [0.3, 0.4) is 0 Å². The lowest BCUT2D eigenvalue weighted by atomic mass is 10.2. The average molecular weight is 256 g/mol. The Labute approximate surface area is 110 Å². The van der Waals surface area contributed by atoms with Crippen molar-refractivity contribution in [2.24, 2.45) is 5.92 Å². The lowest BCUT2D eigenvalue weighted by Crippen LogP contribution is -2.32. The van der Waals surface area contributed by atoms with Crippen LogP contribution in [0.5, 0.6) is 0 Å². The number of ether oxygens (including phenoxy) is 2. The molecule has 5 nitrogen and oxygen atoms in total. The molecule has 0 amide bonds. The lowest BCUT2D eigenvalue weighted by Gasteiger charge is -2.22. The molecular formula is C13H24N2O3. The van der Waals surface area contributed by atoms with E-state index in [-0.39, 0.29) is 12.6 Å². The highest BCUT2D eigenvalue weighted by atomic mass is 16.6. The van der Waals surface area contributed by atoms with Gasteiger partial charge < -0.3 is 9.47 Å². The molecule has 0 spiro atoms. The largest absolute Gasteiger partial charge is 0.464 e. The van der Waals surface area contributed by atoms with E-state index in [1.807, 2.05) is 0 Å². The van der Waals surface area contributed by atoms with Crippen molar-refractivity contribution in [3.05, 3.63) is 0 Å². The van der Waals surface area contributed by atoms with Crippen LogP contribution >= 0.6 is 0 Å². The lowest BCUT2D eigenvalue weighted by molar-refractivity contribution is -0.148. The van der Waals surface area contributed by atoms with Gasteiger partial charge in [-0.3, -0.25) is 4.90 Å². The van der Waals surface area contributed by atoms with E-state index >= 15 is 0 Å². The van der Waals surface area contributed by atoms with Crippen molar-refractivity contribution in [2.45, 2.75) is 27.2 Å². The molecule has 0 bridgehead atoms. The van der Waals surface area contributed by atoms with Crippen LogP contribution in [-0.4, -0.2) is 50.3 Å². The maximum Gasteiger partial charge on any atom is 0.332 e. The van der Waals surface area contributed by atoms with Crippen LogP contribution in [0.2, 0.25) is 0 Å². The van der Waals surface area contributed by atoms with Crippen molar-refractivity contribution < 1.29 is 14.3 Å². The van der Waals surface area contributed by atoms with Crippen molar-refractivity contribution in [3.8, 4) is 6.07 Å². The second kappa shape index (κ2) is 11.0. The minimum absolute atomic E-state index is 0.00160. The van der Waals surface area contributed by atoms with Gasteiger partial charge in [-0.25, -0.2) is 4.79 Å². The van der Waals surface area contributed by atoms with Gasteiger partial charge in [0.15, 0.2) is 0 Å². The molecule has 0 N–H and O–H groups in total. The number of nitrogens with zero attached hydrogens (tertiary/aromatic N) is 2. The molecule has 0 saturated carbocycles. The SMILES string of the molecule is CCOC(=O)COCCN(CCC#N)CC(C)C. The molecule has 0 aromatic rings. The molecule has 0 heterocycles. The van der Waals surface area contributed by atoms with Crippen LogP contribution in [-0.2, 0) is 14.3 Å². The molecular weight excluding hydrogens is 232 g/mol. The highest BCUT2D eigenvalue weighted by molar-refractivity contribution is 5.70. The molecule has 0 radical (unpaired) electrons. The highest BCUT2D eigenvalue weighted by Crippen LogP contribution is 1.99. The van der Waals surface area contributed by atoms with Crippen molar-refractivity contribution >= 4 is 5.97 Å². The number of hydrogen-bond donors (Lipinski definition) is 0. The second-order valence-corrected chi connectivity index (χ2v) is 4.46. The quantitative estimate of drug-likeness (QED) is 0.437. The first-order chi connectivity index (χ1) is 8.60. The summed E-state index contributed by atoms with van der Waals surface area (Å²) in [5.74, 6) is 0.221. The molecule has 0 atom stereocenters. The molecule has 0 rings (SSSR count). The Morgan fingerprint density at radius 1 is 1.39 bits per heavy atom. The smallest absolute Gasteiger partial charge is 0.332 e. The topological polar surface area (TPSA) is 62.6 Å². The molecule has 0 saturated heterocycles. The van der Waals surface area contributed by atoms with Crippen LogP contribution in [0.15, 0.2) is 0 Å². The van der Waals surface area contributed by atoms with E-state index in [1.54, 1.807) is 6.92 Å². The number of nitriles is 1. The minimum Gasteiger partial charge on any atom is -0.464 e. The average Bonchev–Trinajstić information content (AvgIpc) is 2.31. The fraction of sp³-hybridized carbons (Fsp3) is 0.846. The maximum absolute atomic E-state index is 11.0. The first-order valence-electron chi connectivity index (χ1n) is 6.42. The molecule has 0 unspecified atom stereocenters. The Kier molecular flexibility index (Phi) is 10.3. The highest BCUT2D eigenvalue weighted by Gasteiger charge is 2.08. The van der Waals surface area contributed by atoms with Gasteiger partial charge >= 0.3 is 5.97 Å². The first-order valence-corrected chi connectivity index (χ1v) is 6.42. The maximum atomic E-state index is 11.0. The number of esters is 1. The number of carbonyl (C=O) groups excluding carboxylic acids is 1. The summed E-state index contributed by atoms with van der Waals surface area (Å²) in [4.78, 5) is 13.2. The number of hydrogen-bond acceptors (Lipinski definition) is 5. The van der Waals surface area contributed by atoms with Crippen LogP contribution in [0.4, 0.5) is 0 Å². The van der Waals surface area contributed by atoms with Gasteiger partial charge in [-0.15, -0.1) is 0 Å². The van der Waals surface area contributed by atoms with E-state index in [0.717, 1.165) is 19.6 Å². The molecule has 0 aliphatic heterocycles. The standard InChI is InChI=1S/C13H24N2O3/c1-4-18-13(16)11-17-9-8-15(7-5-6-14)10-12(2)3/h12H,4-5,7-11H2,1-3H3. The van der Waals surface area contributed by atoms with E-state index in [2.05, 4.69) is 24.8 Å². The zero-order chi connectivity index (χ0) is 13.8. The Morgan fingerprint density at radius 2 is 2.11 bits per heavy atom. The van der Waals surface area contributed by atoms with E-state index in [0.29, 0.717) is 25.6 Å². The van der Waals surface area contributed by atoms with Crippen LogP contribution in [0.1, 0.15) is 27.2 Å². The zero-order valence-corrected chi connectivity index (χ0v) is 11.6. The van der Waals surface area contributed by atoms with Gasteiger partial charge in [0.25, 0.3) is 0 Å². The second-order valence-electron chi connectivity index (χ2n) is 4.46. The van der Waals surface area contributed by atoms with Crippen LogP contribution in [0.25, 0.3) is 0 Å². The van der Waals surface area contributed by atoms with Crippen molar-refractivity contribution in [3.63, 3.8) is 0 Å². The van der Waals surface area contributed by atoms with E-state index in [1.165, 1.54) is 0 Å². The predicted octanol–water partition coefficient (Wildman–Crippen LogP) is 1.44. The van der Waals surface area contributed by atoms with Gasteiger partial charge in [-0.2, -0.15) is 5.26 Å². The van der Waals surface area contributed by atoms with Gasteiger partial charge in [-0.05, 0) is 12.8 Å². The summed E-state index contributed by atoms with van der Waals surface area (Å²) in [6.07, 6.45) is 0.518. The van der Waals surface area contributed by atoms with Gasteiger partial charge in [0.1, 0.15) is 6.61 Å². The fourth-order valence-electron chi connectivity index (χ4n) is 1.57. The van der Waals surface area contributed by atoms with E-state index < -0.39 is 0 Å². The number of rotatable bonds is 10. The van der Waals surface area contributed by atoms with Crippen molar-refractivity contribution in [1.29, 1.82) is 5.26 Å². The summed E-state index contributed by atoms with van der Waals surface area (Å²) in [6, 6.07) is 2.14. The first kappa shape index (κ1) is 16.9.